The van der Waals surface area contributed by atoms with Crippen molar-refractivity contribution in [3.8, 4) is 11.1 Å². The number of likely N-dealkylation sites (tertiary alicyclic amines) is 1. The van der Waals surface area contributed by atoms with Gasteiger partial charge in [0.1, 0.15) is 0 Å². The molecular formula is C24H30N2O4S. The first kappa shape index (κ1) is 22.0. The summed E-state index contributed by atoms with van der Waals surface area (Å²) >= 11 is 0. The Kier molecular flexibility index (Phi) is 5.70. The monoisotopic (exact) mass is 442 g/mol. The number of carbonyl (C=O) groups excluding carboxylic acids is 1. The zero-order chi connectivity index (χ0) is 22.4. The number of sulfonamides is 1. The van der Waals surface area contributed by atoms with Crippen molar-refractivity contribution < 1.29 is 18.3 Å². The number of aliphatic hydroxyl groups excluding tert-OH is 1. The van der Waals surface area contributed by atoms with E-state index < -0.39 is 21.6 Å². The van der Waals surface area contributed by atoms with Gasteiger partial charge in [-0.15, -0.1) is 0 Å². The summed E-state index contributed by atoms with van der Waals surface area (Å²) < 4.78 is 27.2. The van der Waals surface area contributed by atoms with Gasteiger partial charge in [-0.25, -0.2) is 8.42 Å². The van der Waals surface area contributed by atoms with Crippen LogP contribution in [-0.4, -0.2) is 65.7 Å². The van der Waals surface area contributed by atoms with E-state index in [-0.39, 0.29) is 24.2 Å². The number of amides is 1. The van der Waals surface area contributed by atoms with Crippen LogP contribution in [0.5, 0.6) is 0 Å². The summed E-state index contributed by atoms with van der Waals surface area (Å²) in [5, 5.41) is 10.1. The second-order valence-electron chi connectivity index (χ2n) is 8.62. The van der Waals surface area contributed by atoms with Crippen molar-refractivity contribution in [3.63, 3.8) is 0 Å². The molecule has 0 aliphatic carbocycles. The highest BCUT2D eigenvalue weighted by Gasteiger charge is 2.69. The van der Waals surface area contributed by atoms with Gasteiger partial charge < -0.3 is 10.0 Å². The topological polar surface area (TPSA) is 77.9 Å². The average molecular weight is 443 g/mol. The highest BCUT2D eigenvalue weighted by molar-refractivity contribution is 7.89. The van der Waals surface area contributed by atoms with E-state index in [9.17, 15) is 18.3 Å². The van der Waals surface area contributed by atoms with Crippen LogP contribution < -0.4 is 0 Å². The number of nitrogens with zero attached hydrogens (tertiary/aromatic N) is 2. The Morgan fingerprint density at radius 1 is 1.03 bits per heavy atom. The van der Waals surface area contributed by atoms with E-state index in [0.29, 0.717) is 19.5 Å². The number of hydrogen-bond donors (Lipinski definition) is 1. The number of hydrogen-bond acceptors (Lipinski definition) is 4. The van der Waals surface area contributed by atoms with Crippen molar-refractivity contribution in [3.05, 3.63) is 59.7 Å². The Morgan fingerprint density at radius 2 is 1.58 bits per heavy atom. The van der Waals surface area contributed by atoms with Crippen molar-refractivity contribution in [2.24, 2.45) is 0 Å². The fraction of sp³-hybridized carbons (Fsp3) is 0.458. The minimum atomic E-state index is -3.51. The molecule has 2 aromatic carbocycles. The number of aliphatic hydroxyl groups is 1. The first-order chi connectivity index (χ1) is 14.8. The molecule has 7 heteroatoms. The number of rotatable bonds is 6. The largest absolute Gasteiger partial charge is 0.395 e. The van der Waals surface area contributed by atoms with Crippen molar-refractivity contribution in [1.29, 1.82) is 0 Å². The predicted molar refractivity (Wildman–Crippen MR) is 121 cm³/mol. The maximum absolute atomic E-state index is 12.9. The normalized spacial score (nSPS) is 22.8. The molecule has 2 heterocycles. The van der Waals surface area contributed by atoms with Crippen LogP contribution in [0.1, 0.15) is 37.3 Å². The molecule has 0 aromatic heterocycles. The summed E-state index contributed by atoms with van der Waals surface area (Å²) in [4.78, 5) is 13.9. The lowest BCUT2D eigenvalue weighted by Gasteiger charge is -2.69. The van der Waals surface area contributed by atoms with Crippen LogP contribution in [0.4, 0.5) is 0 Å². The highest BCUT2D eigenvalue weighted by atomic mass is 32.2. The van der Waals surface area contributed by atoms with Crippen LogP contribution in [0, 0.1) is 6.92 Å². The maximum atomic E-state index is 12.9. The Labute approximate surface area is 184 Å². The number of aryl methyl sites for hydroxylation is 1. The molecular weight excluding hydrogens is 412 g/mol. The van der Waals surface area contributed by atoms with E-state index in [0.717, 1.165) is 16.7 Å². The standard InChI is InChI=1S/C24H30N2O4S/c1-4-22(28)25-15-24(16-25)23(21(14-27)26(24)31(29,30)5-2)20-12-10-19(11-13-20)18-8-6-17(3)7-9-18/h6-13,21,23,27H,4-5,14-16H2,1-3H3/t21-,23-/m1/s1. The lowest BCUT2D eigenvalue weighted by molar-refractivity contribution is -0.167. The van der Waals surface area contributed by atoms with E-state index >= 15 is 0 Å². The van der Waals surface area contributed by atoms with E-state index in [1.165, 1.54) is 9.87 Å². The van der Waals surface area contributed by atoms with Crippen molar-refractivity contribution in [2.75, 3.05) is 25.4 Å². The summed E-state index contributed by atoms with van der Waals surface area (Å²) in [6.07, 6.45) is 0.399. The van der Waals surface area contributed by atoms with Crippen LogP contribution in [0.15, 0.2) is 48.5 Å². The molecule has 2 aliphatic heterocycles. The molecule has 2 atom stereocenters. The zero-order valence-corrected chi connectivity index (χ0v) is 19.1. The Morgan fingerprint density at radius 3 is 2.06 bits per heavy atom. The summed E-state index contributed by atoms with van der Waals surface area (Å²) in [5.41, 5.74) is 3.75. The van der Waals surface area contributed by atoms with Crippen LogP contribution in [0.3, 0.4) is 0 Å². The molecule has 2 aromatic rings. The third-order valence-electron chi connectivity index (χ3n) is 6.79. The quantitative estimate of drug-likeness (QED) is 0.746. The smallest absolute Gasteiger partial charge is 0.222 e. The molecule has 2 aliphatic rings. The fourth-order valence-electron chi connectivity index (χ4n) is 5.19. The number of benzene rings is 2. The van der Waals surface area contributed by atoms with Crippen molar-refractivity contribution >= 4 is 15.9 Å². The Bertz CT molecular complexity index is 1060. The maximum Gasteiger partial charge on any atom is 0.222 e. The molecule has 1 N–H and O–H groups in total. The molecule has 31 heavy (non-hydrogen) atoms. The SMILES string of the molecule is CCC(=O)N1CC2(C1)[C@H](c1ccc(-c3ccc(C)cc3)cc1)[C@@H](CO)N2S(=O)(=O)CC. The molecule has 2 saturated heterocycles. The minimum absolute atomic E-state index is 0.0218. The zero-order valence-electron chi connectivity index (χ0n) is 18.3. The van der Waals surface area contributed by atoms with E-state index in [1.807, 2.05) is 31.2 Å². The van der Waals surface area contributed by atoms with Gasteiger partial charge in [0, 0.05) is 25.4 Å². The lowest BCUT2D eigenvalue weighted by atomic mass is 9.62. The van der Waals surface area contributed by atoms with Gasteiger partial charge in [-0.1, -0.05) is 61.0 Å². The molecule has 1 amide bonds. The Hall–Kier alpha value is -2.22. The van der Waals surface area contributed by atoms with Crippen LogP contribution in [0.2, 0.25) is 0 Å². The lowest BCUT2D eigenvalue weighted by Crippen LogP contribution is -2.85. The number of carbonyl (C=O) groups is 1. The average Bonchev–Trinajstić information content (AvgIpc) is 2.73. The summed E-state index contributed by atoms with van der Waals surface area (Å²) in [5.74, 6) is -0.140. The van der Waals surface area contributed by atoms with Gasteiger partial charge in [0.15, 0.2) is 0 Å². The molecule has 0 unspecified atom stereocenters. The van der Waals surface area contributed by atoms with Gasteiger partial charge in [-0.2, -0.15) is 4.31 Å². The van der Waals surface area contributed by atoms with E-state index in [1.54, 1.807) is 11.8 Å². The molecule has 0 radical (unpaired) electrons. The van der Waals surface area contributed by atoms with E-state index in [2.05, 4.69) is 31.2 Å². The van der Waals surface area contributed by atoms with Crippen LogP contribution >= 0.6 is 0 Å². The minimum Gasteiger partial charge on any atom is -0.395 e. The van der Waals surface area contributed by atoms with Gasteiger partial charge >= 0.3 is 0 Å². The Balaban J connectivity index is 1.67. The third-order valence-corrected chi connectivity index (χ3v) is 8.76. The molecule has 6 nitrogen and oxygen atoms in total. The van der Waals surface area contributed by atoms with Gasteiger partial charge in [0.05, 0.1) is 23.9 Å². The van der Waals surface area contributed by atoms with Gasteiger partial charge in [-0.05, 0) is 30.5 Å². The second kappa shape index (κ2) is 8.04. The fourth-order valence-corrected chi connectivity index (χ4v) is 6.85. The summed E-state index contributed by atoms with van der Waals surface area (Å²) in [6, 6.07) is 16.0. The van der Waals surface area contributed by atoms with E-state index in [4.69, 9.17) is 0 Å². The first-order valence-electron chi connectivity index (χ1n) is 10.8. The molecule has 0 saturated carbocycles. The molecule has 2 fully saturated rings. The molecule has 0 bridgehead atoms. The third kappa shape index (κ3) is 3.49. The molecule has 1 spiro atoms. The first-order valence-corrected chi connectivity index (χ1v) is 12.5. The second-order valence-corrected chi connectivity index (χ2v) is 10.8. The van der Waals surface area contributed by atoms with Crippen molar-refractivity contribution in [1.82, 2.24) is 9.21 Å². The summed E-state index contributed by atoms with van der Waals surface area (Å²) in [6.45, 7) is 5.99. The van der Waals surface area contributed by atoms with Crippen molar-refractivity contribution in [2.45, 2.75) is 44.7 Å². The summed E-state index contributed by atoms with van der Waals surface area (Å²) in [7, 11) is -3.51. The van der Waals surface area contributed by atoms with Crippen LogP contribution in [0.25, 0.3) is 11.1 Å². The van der Waals surface area contributed by atoms with Gasteiger partial charge in [0.25, 0.3) is 0 Å². The van der Waals surface area contributed by atoms with Gasteiger partial charge in [-0.3, -0.25) is 4.79 Å². The predicted octanol–water partition coefficient (Wildman–Crippen LogP) is 2.76. The molecule has 4 rings (SSSR count). The van der Waals surface area contributed by atoms with Crippen LogP contribution in [-0.2, 0) is 14.8 Å². The highest BCUT2D eigenvalue weighted by Crippen LogP contribution is 2.55. The molecule has 166 valence electrons. The van der Waals surface area contributed by atoms with Gasteiger partial charge in [0.2, 0.25) is 15.9 Å².